The molecule has 0 amide bonds. The highest BCUT2D eigenvalue weighted by Gasteiger charge is 2.24. The van der Waals surface area contributed by atoms with Gasteiger partial charge in [-0.05, 0) is 48.0 Å². The molecule has 0 aliphatic carbocycles. The topological polar surface area (TPSA) is 55.8 Å². The molecule has 0 aliphatic rings. The second kappa shape index (κ2) is 8.85. The van der Waals surface area contributed by atoms with E-state index in [4.69, 9.17) is 9.47 Å². The first-order chi connectivity index (χ1) is 12.2. The summed E-state index contributed by atoms with van der Waals surface area (Å²) < 4.78 is 24.3. The maximum Gasteiger partial charge on any atom is 0.347 e. The number of esters is 1. The van der Waals surface area contributed by atoms with E-state index in [1.165, 1.54) is 24.3 Å². The number of hydrogen-bond acceptors (Lipinski definition) is 4. The smallest absolute Gasteiger partial charge is 0.347 e. The summed E-state index contributed by atoms with van der Waals surface area (Å²) in [6, 6.07) is 13.0. The number of halogens is 1. The average Bonchev–Trinajstić information content (AvgIpc) is 2.57. The number of carbonyl (C=O) groups is 1. The Balaban J connectivity index is 2.07. The summed E-state index contributed by atoms with van der Waals surface area (Å²) in [5.74, 6) is -0.259. The monoisotopic (exact) mass is 376 g/mol. The zero-order chi connectivity index (χ0) is 19.2. The molecule has 1 atom stereocenters. The van der Waals surface area contributed by atoms with E-state index in [9.17, 15) is 14.3 Å². The van der Waals surface area contributed by atoms with Crippen molar-refractivity contribution in [1.29, 1.82) is 0 Å². The van der Waals surface area contributed by atoms with E-state index >= 15 is 0 Å². The summed E-state index contributed by atoms with van der Waals surface area (Å²) in [7, 11) is -1.31. The highest BCUT2D eigenvalue weighted by Crippen LogP contribution is 2.18. The maximum atomic E-state index is 13.1. The molecule has 2 aromatic rings. The second-order valence-electron chi connectivity index (χ2n) is 7.41. The Morgan fingerprint density at radius 1 is 1.08 bits per heavy atom. The van der Waals surface area contributed by atoms with Crippen molar-refractivity contribution in [2.75, 3.05) is 6.61 Å². The minimum absolute atomic E-state index is 0.155. The first-order valence-electron chi connectivity index (χ1n) is 8.60. The Bertz CT molecular complexity index is 661. The summed E-state index contributed by atoms with van der Waals surface area (Å²) in [5.41, 5.74) is 0.831. The van der Waals surface area contributed by atoms with Gasteiger partial charge >= 0.3 is 5.97 Å². The van der Waals surface area contributed by atoms with Gasteiger partial charge in [-0.25, -0.2) is 9.18 Å². The predicted molar refractivity (Wildman–Crippen MR) is 102 cm³/mol. The van der Waals surface area contributed by atoms with E-state index in [1.807, 2.05) is 0 Å². The van der Waals surface area contributed by atoms with E-state index in [0.717, 1.165) is 11.6 Å². The third-order valence-electron chi connectivity index (χ3n) is 3.81. The number of hydrogen-bond donors (Lipinski definition) is 1. The van der Waals surface area contributed by atoms with Crippen LogP contribution in [-0.4, -0.2) is 31.9 Å². The average molecular weight is 377 g/mol. The number of rotatable bonds is 8. The first-order valence-corrected chi connectivity index (χ1v) is 12.3. The number of phenols is 1. The molecule has 0 aromatic heterocycles. The van der Waals surface area contributed by atoms with Gasteiger partial charge in [0.1, 0.15) is 17.3 Å². The van der Waals surface area contributed by atoms with Gasteiger partial charge in [-0.3, -0.25) is 0 Å². The van der Waals surface area contributed by atoms with Crippen molar-refractivity contribution in [2.45, 2.75) is 38.2 Å². The summed E-state index contributed by atoms with van der Waals surface area (Å²) in [6.45, 7) is 7.00. The fourth-order valence-corrected chi connectivity index (χ4v) is 2.96. The van der Waals surface area contributed by atoms with Crippen molar-refractivity contribution in [1.82, 2.24) is 0 Å². The molecule has 1 unspecified atom stereocenters. The van der Waals surface area contributed by atoms with Crippen LogP contribution < -0.4 is 4.74 Å². The number of phenolic OH excluding ortho intramolecular Hbond substituents is 1. The molecule has 2 rings (SSSR count). The molecule has 0 bridgehead atoms. The molecule has 0 radical (unpaired) electrons. The van der Waals surface area contributed by atoms with E-state index < -0.39 is 20.1 Å². The third kappa shape index (κ3) is 6.88. The van der Waals surface area contributed by atoms with Crippen molar-refractivity contribution in [3.63, 3.8) is 0 Å². The van der Waals surface area contributed by atoms with Crippen LogP contribution in [0.4, 0.5) is 4.39 Å². The molecule has 0 saturated carbocycles. The molecular weight excluding hydrogens is 351 g/mol. The van der Waals surface area contributed by atoms with E-state index in [2.05, 4.69) is 19.6 Å². The highest BCUT2D eigenvalue weighted by molar-refractivity contribution is 6.76. The predicted octanol–water partition coefficient (Wildman–Crippen LogP) is 4.40. The van der Waals surface area contributed by atoms with Crippen LogP contribution >= 0.6 is 0 Å². The minimum Gasteiger partial charge on any atom is -0.508 e. The SMILES string of the molecule is C[Si](C)(C)CCOC(=O)C(Cc1ccc(O)cc1)Oc1ccc(F)cc1. The molecule has 1 N–H and O–H groups in total. The van der Waals surface area contributed by atoms with Gasteiger partial charge in [-0.1, -0.05) is 31.8 Å². The largest absolute Gasteiger partial charge is 0.508 e. The van der Waals surface area contributed by atoms with Crippen LogP contribution in [0.15, 0.2) is 48.5 Å². The maximum absolute atomic E-state index is 13.1. The van der Waals surface area contributed by atoms with Crippen LogP contribution in [0.3, 0.4) is 0 Å². The second-order valence-corrected chi connectivity index (χ2v) is 13.0. The number of aromatic hydroxyl groups is 1. The minimum atomic E-state index is -1.31. The zero-order valence-electron chi connectivity index (χ0n) is 15.4. The molecule has 0 fully saturated rings. The fourth-order valence-electron chi connectivity index (χ4n) is 2.25. The van der Waals surface area contributed by atoms with E-state index in [1.54, 1.807) is 24.3 Å². The molecule has 4 nitrogen and oxygen atoms in total. The lowest BCUT2D eigenvalue weighted by Gasteiger charge is -2.20. The number of ether oxygens (including phenoxy) is 2. The Morgan fingerprint density at radius 2 is 1.69 bits per heavy atom. The van der Waals surface area contributed by atoms with Crippen LogP contribution in [0.5, 0.6) is 11.5 Å². The number of carbonyl (C=O) groups excluding carboxylic acids is 1. The van der Waals surface area contributed by atoms with Gasteiger partial charge in [0.15, 0.2) is 6.10 Å². The van der Waals surface area contributed by atoms with Gasteiger partial charge in [0.05, 0.1) is 6.61 Å². The van der Waals surface area contributed by atoms with Crippen LogP contribution in [-0.2, 0) is 16.0 Å². The highest BCUT2D eigenvalue weighted by atomic mass is 28.3. The third-order valence-corrected chi connectivity index (χ3v) is 5.51. The fraction of sp³-hybridized carbons (Fsp3) is 0.350. The van der Waals surface area contributed by atoms with Crippen LogP contribution in [0.1, 0.15) is 5.56 Å². The van der Waals surface area contributed by atoms with Crippen molar-refractivity contribution >= 4 is 14.0 Å². The molecule has 0 heterocycles. The van der Waals surface area contributed by atoms with Gasteiger partial charge in [0.25, 0.3) is 0 Å². The van der Waals surface area contributed by atoms with Crippen LogP contribution in [0.2, 0.25) is 25.7 Å². The van der Waals surface area contributed by atoms with Crippen LogP contribution in [0, 0.1) is 5.82 Å². The lowest BCUT2D eigenvalue weighted by atomic mass is 10.1. The summed E-state index contributed by atoms with van der Waals surface area (Å²) in [4.78, 5) is 12.5. The van der Waals surface area contributed by atoms with Gasteiger partial charge in [-0.15, -0.1) is 0 Å². The molecule has 26 heavy (non-hydrogen) atoms. The van der Waals surface area contributed by atoms with Crippen molar-refractivity contribution in [3.05, 3.63) is 59.9 Å². The van der Waals surface area contributed by atoms with Gasteiger partial charge in [0, 0.05) is 14.5 Å². The molecular formula is C20H25FO4Si. The van der Waals surface area contributed by atoms with Crippen molar-refractivity contribution in [3.8, 4) is 11.5 Å². The molecule has 2 aromatic carbocycles. The zero-order valence-corrected chi connectivity index (χ0v) is 16.4. The van der Waals surface area contributed by atoms with Gasteiger partial charge < -0.3 is 14.6 Å². The standard InChI is InChI=1S/C20H25FO4Si/c1-26(2,3)13-12-24-20(23)19(14-15-4-8-17(22)9-5-15)25-18-10-6-16(21)7-11-18/h4-11,19,22H,12-14H2,1-3H3. The Hall–Kier alpha value is -2.34. The Morgan fingerprint density at radius 3 is 2.27 bits per heavy atom. The lowest BCUT2D eigenvalue weighted by molar-refractivity contribution is -0.151. The first kappa shape index (κ1) is 20.0. The summed E-state index contributed by atoms with van der Waals surface area (Å²) in [6.07, 6.45) is -0.546. The molecule has 0 saturated heterocycles. The quantitative estimate of drug-likeness (QED) is 0.548. The molecule has 140 valence electrons. The normalized spacial score (nSPS) is 12.5. The van der Waals surface area contributed by atoms with Crippen molar-refractivity contribution < 1.29 is 23.8 Å². The van der Waals surface area contributed by atoms with Gasteiger partial charge in [0.2, 0.25) is 0 Å². The van der Waals surface area contributed by atoms with E-state index in [0.29, 0.717) is 18.8 Å². The molecule has 6 heteroatoms. The van der Waals surface area contributed by atoms with Crippen molar-refractivity contribution in [2.24, 2.45) is 0 Å². The summed E-state index contributed by atoms with van der Waals surface area (Å²) >= 11 is 0. The van der Waals surface area contributed by atoms with E-state index in [-0.39, 0.29) is 11.6 Å². The lowest BCUT2D eigenvalue weighted by Crippen LogP contribution is -2.33. The van der Waals surface area contributed by atoms with Gasteiger partial charge in [-0.2, -0.15) is 0 Å². The Kier molecular flexibility index (Phi) is 6.80. The number of benzene rings is 2. The summed E-state index contributed by atoms with van der Waals surface area (Å²) in [5, 5.41) is 9.40. The van der Waals surface area contributed by atoms with Crippen LogP contribution in [0.25, 0.3) is 0 Å². The molecule has 0 spiro atoms. The molecule has 0 aliphatic heterocycles. The Labute approximate surface area is 154 Å².